The Morgan fingerprint density at radius 1 is 1.37 bits per heavy atom. The molecule has 0 bridgehead atoms. The molecule has 100 valence electrons. The number of allylic oxidation sites excluding steroid dienone is 1. The molecule has 1 nitrogen and oxygen atoms in total. The molecule has 0 saturated heterocycles. The second kappa shape index (κ2) is 4.52. The third kappa shape index (κ3) is 2.06. The number of carbonyl (C=O) groups is 1. The maximum Gasteiger partial charge on any atom is 0.140 e. The fourth-order valence-electron chi connectivity index (χ4n) is 3.35. The van der Waals surface area contributed by atoms with Crippen LogP contribution in [0.25, 0.3) is 0 Å². The average Bonchev–Trinajstić information content (AvgIpc) is 2.97. The summed E-state index contributed by atoms with van der Waals surface area (Å²) in [5.74, 6) is 1.40. The summed E-state index contributed by atoms with van der Waals surface area (Å²) < 4.78 is 0. The molecule has 1 aromatic carbocycles. The van der Waals surface area contributed by atoms with E-state index in [1.54, 1.807) is 0 Å². The molecule has 0 radical (unpaired) electrons. The van der Waals surface area contributed by atoms with Gasteiger partial charge in [0.15, 0.2) is 0 Å². The standard InChI is InChI=1S/C17H20OS/c1-11(2)12-9-14-16(17(14,3)15(18)10-12)19-13-7-5-4-6-8-13/h4-8,12,14,16H,1,9-10H2,2-3H3/t12-,14+,16+,17-/m1/s1. The molecule has 0 spiro atoms. The van der Waals surface area contributed by atoms with E-state index in [2.05, 4.69) is 44.7 Å². The molecular weight excluding hydrogens is 252 g/mol. The predicted molar refractivity (Wildman–Crippen MR) is 80.2 cm³/mol. The Hall–Kier alpha value is -1.02. The number of rotatable bonds is 3. The molecule has 3 rings (SSSR count). The first-order valence-corrected chi connectivity index (χ1v) is 7.82. The van der Waals surface area contributed by atoms with Gasteiger partial charge >= 0.3 is 0 Å². The van der Waals surface area contributed by atoms with Crippen LogP contribution in [0.1, 0.15) is 26.7 Å². The number of carbonyl (C=O) groups excluding carboxylic acids is 1. The van der Waals surface area contributed by atoms with Crippen molar-refractivity contribution in [3.8, 4) is 0 Å². The number of ketones is 1. The molecule has 4 atom stereocenters. The van der Waals surface area contributed by atoms with Crippen LogP contribution in [0.2, 0.25) is 0 Å². The van der Waals surface area contributed by atoms with Crippen molar-refractivity contribution in [1.82, 2.24) is 0 Å². The van der Waals surface area contributed by atoms with E-state index < -0.39 is 0 Å². The fraction of sp³-hybridized carbons (Fsp3) is 0.471. The molecule has 1 aromatic rings. The lowest BCUT2D eigenvalue weighted by Crippen LogP contribution is -2.25. The van der Waals surface area contributed by atoms with E-state index in [1.807, 2.05) is 17.8 Å². The van der Waals surface area contributed by atoms with Crippen molar-refractivity contribution in [2.45, 2.75) is 36.8 Å². The summed E-state index contributed by atoms with van der Waals surface area (Å²) in [6.07, 6.45) is 1.84. The molecule has 0 aromatic heterocycles. The van der Waals surface area contributed by atoms with Gasteiger partial charge in [-0.25, -0.2) is 0 Å². The van der Waals surface area contributed by atoms with Gasteiger partial charge in [0.1, 0.15) is 5.78 Å². The largest absolute Gasteiger partial charge is 0.299 e. The molecule has 0 unspecified atom stereocenters. The Labute approximate surface area is 119 Å². The number of thioether (sulfide) groups is 1. The molecular formula is C17H20OS. The lowest BCUT2D eigenvalue weighted by Gasteiger charge is -2.24. The zero-order chi connectivity index (χ0) is 13.6. The van der Waals surface area contributed by atoms with Crippen LogP contribution in [-0.4, -0.2) is 11.0 Å². The first-order chi connectivity index (χ1) is 9.03. The third-order valence-corrected chi connectivity index (χ3v) is 6.51. The van der Waals surface area contributed by atoms with E-state index in [0.29, 0.717) is 29.3 Å². The van der Waals surface area contributed by atoms with Gasteiger partial charge in [-0.3, -0.25) is 4.79 Å². The molecule has 2 fully saturated rings. The molecule has 0 aliphatic heterocycles. The van der Waals surface area contributed by atoms with Gasteiger partial charge in [-0.05, 0) is 37.3 Å². The number of benzene rings is 1. The molecule has 0 amide bonds. The summed E-state index contributed by atoms with van der Waals surface area (Å²) in [7, 11) is 0. The number of Topliss-reactive ketones (excluding diaryl/α,β-unsaturated/α-hetero) is 1. The maximum absolute atomic E-state index is 12.4. The topological polar surface area (TPSA) is 17.1 Å². The summed E-state index contributed by atoms with van der Waals surface area (Å²) in [4.78, 5) is 13.7. The number of hydrogen-bond donors (Lipinski definition) is 0. The number of hydrogen-bond acceptors (Lipinski definition) is 2. The first kappa shape index (κ1) is 13.0. The highest BCUT2D eigenvalue weighted by Gasteiger charge is 2.68. The lowest BCUT2D eigenvalue weighted by atomic mass is 9.79. The van der Waals surface area contributed by atoms with Crippen molar-refractivity contribution in [3.05, 3.63) is 42.5 Å². The Balaban J connectivity index is 1.76. The minimum Gasteiger partial charge on any atom is -0.299 e. The van der Waals surface area contributed by atoms with E-state index in [-0.39, 0.29) is 5.41 Å². The van der Waals surface area contributed by atoms with Crippen LogP contribution >= 0.6 is 11.8 Å². The second-order valence-corrected chi connectivity index (χ2v) is 7.36. The summed E-state index contributed by atoms with van der Waals surface area (Å²) in [6.45, 7) is 8.26. The first-order valence-electron chi connectivity index (χ1n) is 6.94. The van der Waals surface area contributed by atoms with Crippen molar-refractivity contribution in [2.24, 2.45) is 17.3 Å². The van der Waals surface area contributed by atoms with E-state index in [0.717, 1.165) is 6.42 Å². The Morgan fingerprint density at radius 3 is 2.68 bits per heavy atom. The van der Waals surface area contributed by atoms with Gasteiger partial charge in [0.2, 0.25) is 0 Å². The van der Waals surface area contributed by atoms with E-state index in [4.69, 9.17) is 0 Å². The Bertz CT molecular complexity index is 521. The van der Waals surface area contributed by atoms with Crippen LogP contribution in [0.15, 0.2) is 47.4 Å². The maximum atomic E-state index is 12.4. The van der Waals surface area contributed by atoms with Gasteiger partial charge in [-0.1, -0.05) is 37.3 Å². The molecule has 19 heavy (non-hydrogen) atoms. The van der Waals surface area contributed by atoms with E-state index in [1.165, 1.54) is 10.5 Å². The van der Waals surface area contributed by atoms with Crippen molar-refractivity contribution in [1.29, 1.82) is 0 Å². The molecule has 2 heteroatoms. The summed E-state index contributed by atoms with van der Waals surface area (Å²) >= 11 is 1.88. The van der Waals surface area contributed by atoms with Crippen LogP contribution in [0, 0.1) is 17.3 Å². The van der Waals surface area contributed by atoms with Crippen LogP contribution in [-0.2, 0) is 4.79 Å². The molecule has 2 saturated carbocycles. The summed E-state index contributed by atoms with van der Waals surface area (Å²) in [5, 5.41) is 0.465. The Morgan fingerprint density at radius 2 is 2.05 bits per heavy atom. The quantitative estimate of drug-likeness (QED) is 0.761. The average molecular weight is 272 g/mol. The Kier molecular flexibility index (Phi) is 3.09. The van der Waals surface area contributed by atoms with E-state index >= 15 is 0 Å². The minimum atomic E-state index is -0.0769. The van der Waals surface area contributed by atoms with Gasteiger partial charge < -0.3 is 0 Å². The van der Waals surface area contributed by atoms with Crippen LogP contribution in [0.3, 0.4) is 0 Å². The van der Waals surface area contributed by atoms with Crippen molar-refractivity contribution < 1.29 is 4.79 Å². The zero-order valence-corrected chi connectivity index (χ0v) is 12.4. The second-order valence-electron chi connectivity index (χ2n) is 6.15. The van der Waals surface area contributed by atoms with Gasteiger partial charge in [0.05, 0.1) is 0 Å². The van der Waals surface area contributed by atoms with Gasteiger partial charge in [0, 0.05) is 22.0 Å². The van der Waals surface area contributed by atoms with Crippen LogP contribution < -0.4 is 0 Å². The van der Waals surface area contributed by atoms with E-state index in [9.17, 15) is 4.79 Å². The van der Waals surface area contributed by atoms with Crippen molar-refractivity contribution >= 4 is 17.5 Å². The van der Waals surface area contributed by atoms with Gasteiger partial charge in [0.25, 0.3) is 0 Å². The highest BCUT2D eigenvalue weighted by atomic mass is 32.2. The third-order valence-electron chi connectivity index (χ3n) is 4.89. The SMILES string of the molecule is C=C(C)[C@H]1CC(=O)[C@@]2(C)[C@@H](C1)[C@@H]2Sc1ccccc1. The number of fused-ring (bicyclic) bond motifs is 1. The molecule has 2 aliphatic rings. The molecule has 0 heterocycles. The smallest absolute Gasteiger partial charge is 0.140 e. The van der Waals surface area contributed by atoms with Gasteiger partial charge in [-0.2, -0.15) is 0 Å². The lowest BCUT2D eigenvalue weighted by molar-refractivity contribution is -0.126. The summed E-state index contributed by atoms with van der Waals surface area (Å²) in [6, 6.07) is 10.4. The van der Waals surface area contributed by atoms with Crippen molar-refractivity contribution in [2.75, 3.05) is 0 Å². The highest BCUT2D eigenvalue weighted by Crippen LogP contribution is 2.67. The summed E-state index contributed by atoms with van der Waals surface area (Å²) in [5.41, 5.74) is 1.10. The zero-order valence-electron chi connectivity index (χ0n) is 11.6. The van der Waals surface area contributed by atoms with Crippen molar-refractivity contribution in [3.63, 3.8) is 0 Å². The fourth-order valence-corrected chi connectivity index (χ4v) is 4.99. The highest BCUT2D eigenvalue weighted by molar-refractivity contribution is 8.00. The van der Waals surface area contributed by atoms with Crippen LogP contribution in [0.4, 0.5) is 0 Å². The normalized spacial score (nSPS) is 36.7. The molecule has 0 N–H and O–H groups in total. The minimum absolute atomic E-state index is 0.0769. The monoisotopic (exact) mass is 272 g/mol. The predicted octanol–water partition coefficient (Wildman–Crippen LogP) is 4.34. The van der Waals surface area contributed by atoms with Crippen LogP contribution in [0.5, 0.6) is 0 Å². The van der Waals surface area contributed by atoms with Gasteiger partial charge in [-0.15, -0.1) is 11.8 Å². The molecule has 2 aliphatic carbocycles.